The van der Waals surface area contributed by atoms with Crippen LogP contribution in [0.25, 0.3) is 0 Å². The Labute approximate surface area is 112 Å². The first-order chi connectivity index (χ1) is 9.19. The molecule has 1 atom stereocenters. The minimum atomic E-state index is -2.42. The lowest BCUT2D eigenvalue weighted by molar-refractivity contribution is -0.114. The van der Waals surface area contributed by atoms with Gasteiger partial charge in [0.05, 0.1) is 11.7 Å². The molecule has 0 amide bonds. The second-order valence-electron chi connectivity index (χ2n) is 5.60. The van der Waals surface area contributed by atoms with Crippen molar-refractivity contribution in [2.24, 2.45) is 0 Å². The Hall–Kier alpha value is -1.00. The number of hydrogen-bond donors (Lipinski definition) is 1. The summed E-state index contributed by atoms with van der Waals surface area (Å²) in [6.45, 7) is 1.59. The topological polar surface area (TPSA) is 21.3 Å². The van der Waals surface area contributed by atoms with Crippen LogP contribution in [0.3, 0.4) is 0 Å². The molecule has 4 heteroatoms. The zero-order valence-electron chi connectivity index (χ0n) is 10.9. The second-order valence-corrected chi connectivity index (χ2v) is 5.60. The predicted octanol–water partition coefficient (Wildman–Crippen LogP) is 3.60. The summed E-state index contributed by atoms with van der Waals surface area (Å²) in [7, 11) is 0. The Morgan fingerprint density at radius 2 is 2.05 bits per heavy atom. The highest BCUT2D eigenvalue weighted by Crippen LogP contribution is 2.39. The SMILES string of the molecule is FC(F)c1cccc(C2CNCC3(CCCC3)O2)c1. The molecule has 1 spiro atoms. The van der Waals surface area contributed by atoms with E-state index < -0.39 is 6.43 Å². The third-order valence-electron chi connectivity index (χ3n) is 4.22. The minimum absolute atomic E-state index is 0.0657. The van der Waals surface area contributed by atoms with Gasteiger partial charge in [-0.05, 0) is 24.5 Å². The molecule has 104 valence electrons. The van der Waals surface area contributed by atoms with E-state index >= 15 is 0 Å². The van der Waals surface area contributed by atoms with Gasteiger partial charge in [-0.25, -0.2) is 8.78 Å². The van der Waals surface area contributed by atoms with E-state index in [1.165, 1.54) is 18.9 Å². The summed E-state index contributed by atoms with van der Waals surface area (Å²) in [5.41, 5.74) is 0.868. The maximum Gasteiger partial charge on any atom is 0.263 e. The lowest BCUT2D eigenvalue weighted by Crippen LogP contribution is -2.49. The van der Waals surface area contributed by atoms with Crippen molar-refractivity contribution >= 4 is 0 Å². The van der Waals surface area contributed by atoms with Gasteiger partial charge >= 0.3 is 0 Å². The zero-order valence-corrected chi connectivity index (χ0v) is 10.9. The van der Waals surface area contributed by atoms with Crippen LogP contribution in [0.2, 0.25) is 0 Å². The van der Waals surface area contributed by atoms with Crippen molar-refractivity contribution in [3.8, 4) is 0 Å². The molecule has 2 fully saturated rings. The summed E-state index contributed by atoms with van der Waals surface area (Å²) >= 11 is 0. The molecule has 1 aromatic carbocycles. The van der Waals surface area contributed by atoms with Crippen molar-refractivity contribution in [3.63, 3.8) is 0 Å². The number of benzene rings is 1. The van der Waals surface area contributed by atoms with Gasteiger partial charge in [0.1, 0.15) is 0 Å². The highest BCUT2D eigenvalue weighted by atomic mass is 19.3. The zero-order chi connectivity index (χ0) is 13.3. The average molecular weight is 267 g/mol. The molecule has 1 aliphatic carbocycles. The largest absolute Gasteiger partial charge is 0.364 e. The first kappa shape index (κ1) is 13.0. The third-order valence-corrected chi connectivity index (χ3v) is 4.22. The van der Waals surface area contributed by atoms with Crippen molar-refractivity contribution < 1.29 is 13.5 Å². The van der Waals surface area contributed by atoms with Gasteiger partial charge in [-0.15, -0.1) is 0 Å². The minimum Gasteiger partial charge on any atom is -0.364 e. The van der Waals surface area contributed by atoms with Crippen LogP contribution in [0.1, 0.15) is 49.3 Å². The summed E-state index contributed by atoms with van der Waals surface area (Å²) in [6.07, 6.45) is 2.02. The molecule has 1 saturated heterocycles. The molecule has 1 aromatic rings. The van der Waals surface area contributed by atoms with E-state index in [2.05, 4.69) is 5.32 Å². The number of halogens is 2. The lowest BCUT2D eigenvalue weighted by Gasteiger charge is -2.39. The molecular weight excluding hydrogens is 248 g/mol. The number of hydrogen-bond acceptors (Lipinski definition) is 2. The van der Waals surface area contributed by atoms with Crippen LogP contribution in [-0.4, -0.2) is 18.7 Å². The standard InChI is InChI=1S/C15H19F2NO/c16-14(17)12-5-3-4-11(8-12)13-9-18-10-15(19-13)6-1-2-7-15/h3-5,8,13-14,18H,1-2,6-7,9-10H2. The van der Waals surface area contributed by atoms with Crippen LogP contribution in [0, 0.1) is 0 Å². The monoisotopic (exact) mass is 267 g/mol. The van der Waals surface area contributed by atoms with Crippen LogP contribution in [0.4, 0.5) is 8.78 Å². The molecule has 2 nitrogen and oxygen atoms in total. The Kier molecular flexibility index (Phi) is 3.54. The van der Waals surface area contributed by atoms with Crippen molar-refractivity contribution in [1.29, 1.82) is 0 Å². The van der Waals surface area contributed by atoms with E-state index in [0.717, 1.165) is 24.9 Å². The van der Waals surface area contributed by atoms with Crippen LogP contribution < -0.4 is 5.32 Å². The number of morpholine rings is 1. The van der Waals surface area contributed by atoms with Crippen molar-refractivity contribution in [2.75, 3.05) is 13.1 Å². The van der Waals surface area contributed by atoms with Gasteiger partial charge in [-0.3, -0.25) is 0 Å². The molecule has 0 bridgehead atoms. The average Bonchev–Trinajstić information content (AvgIpc) is 2.87. The molecule has 1 unspecified atom stereocenters. The van der Waals surface area contributed by atoms with Crippen molar-refractivity contribution in [1.82, 2.24) is 5.32 Å². The van der Waals surface area contributed by atoms with Crippen molar-refractivity contribution in [3.05, 3.63) is 35.4 Å². The first-order valence-electron chi connectivity index (χ1n) is 6.95. The van der Waals surface area contributed by atoms with E-state index in [1.54, 1.807) is 12.1 Å². The normalized spacial score (nSPS) is 26.2. The molecule has 1 saturated carbocycles. The van der Waals surface area contributed by atoms with Gasteiger partial charge < -0.3 is 10.1 Å². The predicted molar refractivity (Wildman–Crippen MR) is 69.3 cm³/mol. The molecule has 1 N–H and O–H groups in total. The molecule has 1 heterocycles. The lowest BCUT2D eigenvalue weighted by atomic mass is 9.97. The van der Waals surface area contributed by atoms with Crippen LogP contribution in [-0.2, 0) is 4.74 Å². The molecule has 0 radical (unpaired) electrons. The van der Waals surface area contributed by atoms with Gasteiger partial charge in [0, 0.05) is 18.7 Å². The molecule has 0 aromatic heterocycles. The van der Waals surface area contributed by atoms with Gasteiger partial charge in [0.15, 0.2) is 0 Å². The Balaban J connectivity index is 1.79. The number of rotatable bonds is 2. The fourth-order valence-corrected chi connectivity index (χ4v) is 3.21. The smallest absolute Gasteiger partial charge is 0.263 e. The van der Waals surface area contributed by atoms with E-state index in [4.69, 9.17) is 4.74 Å². The fraction of sp³-hybridized carbons (Fsp3) is 0.600. The van der Waals surface area contributed by atoms with E-state index in [0.29, 0.717) is 6.54 Å². The highest BCUT2D eigenvalue weighted by molar-refractivity contribution is 5.27. The number of nitrogens with one attached hydrogen (secondary N) is 1. The van der Waals surface area contributed by atoms with Gasteiger partial charge in [0.2, 0.25) is 0 Å². The van der Waals surface area contributed by atoms with Crippen molar-refractivity contribution in [2.45, 2.75) is 43.8 Å². The summed E-state index contributed by atoms with van der Waals surface area (Å²) in [5, 5.41) is 3.40. The molecule has 1 aliphatic heterocycles. The molecular formula is C15H19F2NO. The summed E-state index contributed by atoms with van der Waals surface area (Å²) < 4.78 is 31.8. The van der Waals surface area contributed by atoms with E-state index in [-0.39, 0.29) is 17.3 Å². The summed E-state index contributed by atoms with van der Waals surface area (Å²) in [6, 6.07) is 6.61. The van der Waals surface area contributed by atoms with Crippen LogP contribution >= 0.6 is 0 Å². The molecule has 2 aliphatic rings. The van der Waals surface area contributed by atoms with Crippen LogP contribution in [0.15, 0.2) is 24.3 Å². The van der Waals surface area contributed by atoms with Gasteiger partial charge in [0.25, 0.3) is 6.43 Å². The Morgan fingerprint density at radius 1 is 1.26 bits per heavy atom. The number of alkyl halides is 2. The third kappa shape index (κ3) is 2.65. The van der Waals surface area contributed by atoms with E-state index in [1.807, 2.05) is 6.07 Å². The van der Waals surface area contributed by atoms with Gasteiger partial charge in [-0.1, -0.05) is 31.0 Å². The Bertz CT molecular complexity index is 444. The summed E-state index contributed by atoms with van der Waals surface area (Å²) in [5.74, 6) is 0. The number of ether oxygens (including phenoxy) is 1. The second kappa shape index (κ2) is 5.17. The quantitative estimate of drug-likeness (QED) is 0.884. The summed E-state index contributed by atoms with van der Waals surface area (Å²) in [4.78, 5) is 0. The highest BCUT2D eigenvalue weighted by Gasteiger charge is 2.40. The van der Waals surface area contributed by atoms with E-state index in [9.17, 15) is 8.78 Å². The molecule has 19 heavy (non-hydrogen) atoms. The first-order valence-corrected chi connectivity index (χ1v) is 6.95. The molecule has 3 rings (SSSR count). The van der Waals surface area contributed by atoms with Crippen LogP contribution in [0.5, 0.6) is 0 Å². The maximum absolute atomic E-state index is 12.8. The van der Waals surface area contributed by atoms with Gasteiger partial charge in [-0.2, -0.15) is 0 Å². The maximum atomic E-state index is 12.8. The fourth-order valence-electron chi connectivity index (χ4n) is 3.21. The Morgan fingerprint density at radius 3 is 2.79 bits per heavy atom.